The van der Waals surface area contributed by atoms with Crippen LogP contribution in [0.3, 0.4) is 0 Å². The van der Waals surface area contributed by atoms with Crippen molar-refractivity contribution in [1.29, 1.82) is 0 Å². The van der Waals surface area contributed by atoms with E-state index in [0.29, 0.717) is 23.4 Å². The zero-order valence-corrected chi connectivity index (χ0v) is 19.4. The van der Waals surface area contributed by atoms with Crippen molar-refractivity contribution in [3.05, 3.63) is 52.1 Å². The SMILES string of the molecule is Cc1nc(-c2cc(C(=O)OCC(=O)N3c4ccc(S(N)(=O)=O)cc4C[C@@H]3C)n(C)c2)cs1. The van der Waals surface area contributed by atoms with Gasteiger partial charge in [0.2, 0.25) is 10.0 Å². The molecule has 1 atom stereocenters. The molecule has 1 amide bonds. The summed E-state index contributed by atoms with van der Waals surface area (Å²) in [5, 5.41) is 8.04. The molecule has 11 heteroatoms. The standard InChI is InChI=1S/C21H22N4O5S2/c1-12-6-14-7-16(32(22,28)29)4-5-18(14)25(12)20(26)10-30-21(27)19-8-15(9-24(19)3)17-11-31-13(2)23-17/h4-5,7-9,11-12H,6,10H2,1-3H3,(H2,22,28,29)/t12-/m0/s1. The second kappa shape index (κ2) is 8.15. The van der Waals surface area contributed by atoms with Crippen molar-refractivity contribution in [1.82, 2.24) is 9.55 Å². The second-order valence-electron chi connectivity index (χ2n) is 7.71. The molecule has 0 saturated carbocycles. The number of anilines is 1. The van der Waals surface area contributed by atoms with Gasteiger partial charge in [0.05, 0.1) is 15.6 Å². The third-order valence-electron chi connectivity index (χ3n) is 5.32. The van der Waals surface area contributed by atoms with Crippen molar-refractivity contribution in [2.45, 2.75) is 31.2 Å². The van der Waals surface area contributed by atoms with Crippen LogP contribution in [0.4, 0.5) is 5.69 Å². The van der Waals surface area contributed by atoms with Crippen molar-refractivity contribution in [2.75, 3.05) is 11.5 Å². The Morgan fingerprint density at radius 1 is 1.31 bits per heavy atom. The Bertz CT molecular complexity index is 1330. The van der Waals surface area contributed by atoms with E-state index < -0.39 is 28.5 Å². The van der Waals surface area contributed by atoms with E-state index >= 15 is 0 Å². The average molecular weight is 475 g/mol. The summed E-state index contributed by atoms with van der Waals surface area (Å²) in [5.41, 5.74) is 3.17. The highest BCUT2D eigenvalue weighted by atomic mass is 32.2. The number of ether oxygens (including phenoxy) is 1. The number of aromatic nitrogens is 2. The fraction of sp³-hybridized carbons (Fsp3) is 0.286. The maximum atomic E-state index is 12.8. The van der Waals surface area contributed by atoms with Crippen LogP contribution < -0.4 is 10.0 Å². The summed E-state index contributed by atoms with van der Waals surface area (Å²) in [6.45, 7) is 3.32. The highest BCUT2D eigenvalue weighted by Crippen LogP contribution is 2.34. The number of primary sulfonamides is 1. The molecule has 9 nitrogen and oxygen atoms in total. The van der Waals surface area contributed by atoms with Gasteiger partial charge in [-0.1, -0.05) is 0 Å². The third kappa shape index (κ3) is 4.18. The van der Waals surface area contributed by atoms with Crippen molar-refractivity contribution in [3.63, 3.8) is 0 Å². The minimum atomic E-state index is -3.83. The third-order valence-corrected chi connectivity index (χ3v) is 7.00. The fourth-order valence-corrected chi connectivity index (χ4v) is 5.03. The Labute approximate surface area is 189 Å². The molecule has 0 fully saturated rings. The van der Waals surface area contributed by atoms with E-state index in [-0.39, 0.29) is 10.9 Å². The number of hydrogen-bond donors (Lipinski definition) is 1. The Morgan fingerprint density at radius 3 is 2.72 bits per heavy atom. The minimum absolute atomic E-state index is 0.000931. The Hall–Kier alpha value is -3.02. The summed E-state index contributed by atoms with van der Waals surface area (Å²) in [6, 6.07) is 5.87. The number of benzene rings is 1. The molecular formula is C21H22N4O5S2. The molecule has 2 N–H and O–H groups in total. The van der Waals surface area contributed by atoms with Gasteiger partial charge in [0, 0.05) is 35.9 Å². The van der Waals surface area contributed by atoms with Gasteiger partial charge in [-0.25, -0.2) is 23.3 Å². The molecule has 1 aromatic carbocycles. The van der Waals surface area contributed by atoms with Gasteiger partial charge in [-0.15, -0.1) is 11.3 Å². The number of amides is 1. The van der Waals surface area contributed by atoms with Gasteiger partial charge < -0.3 is 14.2 Å². The topological polar surface area (TPSA) is 125 Å². The average Bonchev–Trinajstić information content (AvgIpc) is 3.40. The van der Waals surface area contributed by atoms with Crippen LogP contribution in [0.15, 0.2) is 40.7 Å². The molecule has 3 heterocycles. The van der Waals surface area contributed by atoms with Crippen LogP contribution >= 0.6 is 11.3 Å². The molecule has 3 aromatic rings. The lowest BCUT2D eigenvalue weighted by Gasteiger charge is -2.22. The number of rotatable bonds is 5. The number of fused-ring (bicyclic) bond motifs is 1. The number of nitrogens with two attached hydrogens (primary N) is 1. The van der Waals surface area contributed by atoms with Crippen LogP contribution in [0.2, 0.25) is 0 Å². The Morgan fingerprint density at radius 2 is 2.06 bits per heavy atom. The summed E-state index contributed by atoms with van der Waals surface area (Å²) in [4.78, 5) is 31.4. The first-order valence-corrected chi connectivity index (χ1v) is 12.2. The van der Waals surface area contributed by atoms with E-state index in [2.05, 4.69) is 4.98 Å². The van der Waals surface area contributed by atoms with Gasteiger partial charge in [0.1, 0.15) is 5.69 Å². The van der Waals surface area contributed by atoms with Gasteiger partial charge in [0.25, 0.3) is 5.91 Å². The smallest absolute Gasteiger partial charge is 0.355 e. The summed E-state index contributed by atoms with van der Waals surface area (Å²) < 4.78 is 30.1. The normalized spacial score (nSPS) is 15.6. The summed E-state index contributed by atoms with van der Waals surface area (Å²) in [6.07, 6.45) is 2.27. The van der Waals surface area contributed by atoms with E-state index in [1.807, 2.05) is 19.2 Å². The molecule has 0 spiro atoms. The number of sulfonamides is 1. The lowest BCUT2D eigenvalue weighted by molar-refractivity contribution is -0.122. The van der Waals surface area contributed by atoms with Crippen molar-refractivity contribution in [2.24, 2.45) is 12.2 Å². The zero-order chi connectivity index (χ0) is 23.2. The van der Waals surface area contributed by atoms with Gasteiger partial charge in [-0.3, -0.25) is 4.79 Å². The lowest BCUT2D eigenvalue weighted by Crippen LogP contribution is -2.38. The number of thiazole rings is 1. The summed E-state index contributed by atoms with van der Waals surface area (Å²) in [5.74, 6) is -1.01. The lowest BCUT2D eigenvalue weighted by atomic mass is 10.1. The highest BCUT2D eigenvalue weighted by Gasteiger charge is 2.32. The number of carbonyl (C=O) groups excluding carboxylic acids is 2. The summed E-state index contributed by atoms with van der Waals surface area (Å²) >= 11 is 1.52. The number of aryl methyl sites for hydroxylation is 2. The van der Waals surface area contributed by atoms with E-state index in [1.54, 1.807) is 29.9 Å². The van der Waals surface area contributed by atoms with Crippen LogP contribution in [0.5, 0.6) is 0 Å². The maximum Gasteiger partial charge on any atom is 0.355 e. The molecule has 0 aliphatic carbocycles. The monoisotopic (exact) mass is 474 g/mol. The van der Waals surface area contributed by atoms with Gasteiger partial charge in [0.15, 0.2) is 6.61 Å². The Kier molecular flexibility index (Phi) is 5.65. The quantitative estimate of drug-likeness (QED) is 0.566. The Balaban J connectivity index is 1.47. The van der Waals surface area contributed by atoms with Crippen molar-refractivity contribution >= 4 is 38.9 Å². The van der Waals surface area contributed by atoms with Gasteiger partial charge >= 0.3 is 5.97 Å². The first-order chi connectivity index (χ1) is 15.0. The molecule has 1 aliphatic rings. The van der Waals surface area contributed by atoms with Crippen molar-refractivity contribution in [3.8, 4) is 11.3 Å². The minimum Gasteiger partial charge on any atom is -0.451 e. The zero-order valence-electron chi connectivity index (χ0n) is 17.7. The van der Waals surface area contributed by atoms with Crippen LogP contribution in [-0.4, -0.2) is 42.5 Å². The number of hydrogen-bond acceptors (Lipinski definition) is 7. The van der Waals surface area contributed by atoms with Gasteiger partial charge in [-0.05, 0) is 50.1 Å². The molecule has 32 heavy (non-hydrogen) atoms. The van der Waals surface area contributed by atoms with Gasteiger partial charge in [-0.2, -0.15) is 0 Å². The molecule has 168 valence electrons. The molecule has 0 saturated heterocycles. The molecule has 2 aromatic heterocycles. The molecule has 0 bridgehead atoms. The van der Waals surface area contributed by atoms with E-state index in [9.17, 15) is 18.0 Å². The maximum absolute atomic E-state index is 12.8. The van der Waals surface area contributed by atoms with Crippen LogP contribution in [0.1, 0.15) is 28.0 Å². The molecular weight excluding hydrogens is 452 g/mol. The molecule has 0 unspecified atom stereocenters. The molecule has 0 radical (unpaired) electrons. The first-order valence-electron chi connectivity index (χ1n) is 9.78. The second-order valence-corrected chi connectivity index (χ2v) is 10.3. The fourth-order valence-electron chi connectivity index (χ4n) is 3.84. The van der Waals surface area contributed by atoms with Crippen LogP contribution in [0, 0.1) is 6.92 Å². The predicted molar refractivity (Wildman–Crippen MR) is 120 cm³/mol. The number of nitrogens with zero attached hydrogens (tertiary/aromatic N) is 3. The number of esters is 1. The van der Waals surface area contributed by atoms with Crippen LogP contribution in [-0.2, 0) is 33.0 Å². The molecule has 4 rings (SSSR count). The molecule has 1 aliphatic heterocycles. The largest absolute Gasteiger partial charge is 0.451 e. The van der Waals surface area contributed by atoms with Crippen LogP contribution in [0.25, 0.3) is 11.3 Å². The van der Waals surface area contributed by atoms with E-state index in [4.69, 9.17) is 9.88 Å². The summed E-state index contributed by atoms with van der Waals surface area (Å²) in [7, 11) is -2.11. The van der Waals surface area contributed by atoms with E-state index in [0.717, 1.165) is 16.3 Å². The van der Waals surface area contributed by atoms with Crippen molar-refractivity contribution < 1.29 is 22.7 Å². The highest BCUT2D eigenvalue weighted by molar-refractivity contribution is 7.89. The first kappa shape index (κ1) is 22.2. The number of carbonyl (C=O) groups is 2. The van der Waals surface area contributed by atoms with E-state index in [1.165, 1.54) is 28.4 Å². The predicted octanol–water partition coefficient (Wildman–Crippen LogP) is 2.24.